The summed E-state index contributed by atoms with van der Waals surface area (Å²) in [5.74, 6) is -0.116. The molecule has 1 heterocycles. The molecule has 1 aromatic heterocycles. The van der Waals surface area contributed by atoms with E-state index in [1.807, 2.05) is 6.07 Å². The molecule has 1 atom stereocenters. The second-order valence-corrected chi connectivity index (χ2v) is 5.37. The van der Waals surface area contributed by atoms with E-state index in [4.69, 9.17) is 11.6 Å². The van der Waals surface area contributed by atoms with Gasteiger partial charge in [0.1, 0.15) is 18.7 Å². The third-order valence-electron chi connectivity index (χ3n) is 2.79. The Morgan fingerprint density at radius 2 is 2.26 bits per heavy atom. The highest BCUT2D eigenvalue weighted by Gasteiger charge is 2.22. The molecule has 0 aliphatic carbocycles. The lowest BCUT2D eigenvalue weighted by Gasteiger charge is -2.22. The van der Waals surface area contributed by atoms with Crippen LogP contribution in [0.25, 0.3) is 0 Å². The van der Waals surface area contributed by atoms with Gasteiger partial charge in [0, 0.05) is 11.5 Å². The Hall–Kier alpha value is -1.40. The van der Waals surface area contributed by atoms with Gasteiger partial charge in [0.15, 0.2) is 0 Å². The first-order valence-electron chi connectivity index (χ1n) is 5.57. The maximum absolute atomic E-state index is 12.3. The van der Waals surface area contributed by atoms with Gasteiger partial charge in [-0.25, -0.2) is 9.67 Å². The van der Waals surface area contributed by atoms with Gasteiger partial charge in [0.2, 0.25) is 0 Å². The number of nitrogens with zero attached hydrogens (tertiary/aromatic N) is 4. The molecule has 7 heteroatoms. The fourth-order valence-electron chi connectivity index (χ4n) is 1.68. The Labute approximate surface area is 124 Å². The molecule has 2 rings (SSSR count). The van der Waals surface area contributed by atoms with Crippen molar-refractivity contribution in [3.8, 4) is 0 Å². The zero-order chi connectivity index (χ0) is 14.0. The van der Waals surface area contributed by atoms with Crippen molar-refractivity contribution in [3.63, 3.8) is 0 Å². The van der Waals surface area contributed by atoms with Crippen LogP contribution in [0, 0.1) is 0 Å². The van der Waals surface area contributed by atoms with E-state index in [1.54, 1.807) is 26.1 Å². The summed E-state index contributed by atoms with van der Waals surface area (Å²) >= 11 is 9.47. The van der Waals surface area contributed by atoms with Gasteiger partial charge < -0.3 is 4.90 Å². The Morgan fingerprint density at radius 1 is 1.53 bits per heavy atom. The Balaban J connectivity index is 2.24. The van der Waals surface area contributed by atoms with Crippen LogP contribution in [0.1, 0.15) is 13.0 Å². The van der Waals surface area contributed by atoms with Gasteiger partial charge in [0.25, 0.3) is 5.91 Å². The molecule has 1 aromatic carbocycles. The van der Waals surface area contributed by atoms with E-state index in [0.717, 1.165) is 4.47 Å². The molecular formula is C12H12BrClN4O. The summed E-state index contributed by atoms with van der Waals surface area (Å²) < 4.78 is 2.37. The molecule has 0 spiro atoms. The highest BCUT2D eigenvalue weighted by molar-refractivity contribution is 9.10. The summed E-state index contributed by atoms with van der Waals surface area (Å²) in [4.78, 5) is 17.7. The molecular weight excluding hydrogens is 332 g/mol. The first-order chi connectivity index (χ1) is 9.00. The molecule has 0 aliphatic heterocycles. The summed E-state index contributed by atoms with van der Waals surface area (Å²) in [7, 11) is 1.69. The topological polar surface area (TPSA) is 51.0 Å². The maximum atomic E-state index is 12.3. The van der Waals surface area contributed by atoms with Crippen LogP contribution in [-0.4, -0.2) is 27.7 Å². The first-order valence-corrected chi connectivity index (χ1v) is 6.74. The van der Waals surface area contributed by atoms with Crippen molar-refractivity contribution in [1.82, 2.24) is 14.8 Å². The fourth-order valence-corrected chi connectivity index (χ4v) is 2.48. The highest BCUT2D eigenvalue weighted by atomic mass is 79.9. The number of hydrogen-bond donors (Lipinski definition) is 0. The van der Waals surface area contributed by atoms with Crippen LogP contribution in [0.5, 0.6) is 0 Å². The van der Waals surface area contributed by atoms with E-state index < -0.39 is 6.04 Å². The Morgan fingerprint density at radius 3 is 2.84 bits per heavy atom. The second kappa shape index (κ2) is 5.71. The van der Waals surface area contributed by atoms with Crippen molar-refractivity contribution < 1.29 is 4.79 Å². The smallest absolute Gasteiger partial charge is 0.251 e. The average molecular weight is 344 g/mol. The fraction of sp³-hybridized carbons (Fsp3) is 0.250. The lowest BCUT2D eigenvalue weighted by atomic mass is 10.2. The van der Waals surface area contributed by atoms with Gasteiger partial charge in [-0.2, -0.15) is 5.10 Å². The number of rotatable bonds is 3. The van der Waals surface area contributed by atoms with Crippen LogP contribution in [-0.2, 0) is 4.79 Å². The van der Waals surface area contributed by atoms with Crippen molar-refractivity contribution in [1.29, 1.82) is 0 Å². The van der Waals surface area contributed by atoms with E-state index in [-0.39, 0.29) is 5.91 Å². The van der Waals surface area contributed by atoms with Crippen molar-refractivity contribution in [2.45, 2.75) is 13.0 Å². The molecule has 2 aromatic rings. The molecule has 5 nitrogen and oxygen atoms in total. The van der Waals surface area contributed by atoms with Crippen LogP contribution < -0.4 is 4.90 Å². The van der Waals surface area contributed by atoms with E-state index in [1.165, 1.54) is 22.2 Å². The summed E-state index contributed by atoms with van der Waals surface area (Å²) in [5.41, 5.74) is 0.654. The number of carbonyl (C=O) groups excluding carboxylic acids is 1. The maximum Gasteiger partial charge on any atom is 0.251 e. The standard InChI is InChI=1S/C12H12BrClN4O/c1-8(18-7-15-6-16-18)12(19)17(2)11-4-3-9(13)5-10(11)14/h3-8H,1-2H3/t8-/m1/s1. The largest absolute Gasteiger partial charge is 0.312 e. The quantitative estimate of drug-likeness (QED) is 0.861. The molecule has 0 bridgehead atoms. The molecule has 0 aliphatic rings. The van der Waals surface area contributed by atoms with Gasteiger partial charge in [-0.05, 0) is 25.1 Å². The van der Waals surface area contributed by atoms with Crippen molar-refractivity contribution in [2.24, 2.45) is 0 Å². The predicted octanol–water partition coefficient (Wildman–Crippen LogP) is 2.92. The van der Waals surface area contributed by atoms with Gasteiger partial charge in [-0.1, -0.05) is 27.5 Å². The minimum Gasteiger partial charge on any atom is -0.312 e. The monoisotopic (exact) mass is 342 g/mol. The van der Waals surface area contributed by atoms with Gasteiger partial charge in [-0.3, -0.25) is 4.79 Å². The molecule has 0 fully saturated rings. The number of benzene rings is 1. The summed E-state index contributed by atoms with van der Waals surface area (Å²) in [6.07, 6.45) is 2.91. The van der Waals surface area contributed by atoms with Gasteiger partial charge >= 0.3 is 0 Å². The second-order valence-electron chi connectivity index (χ2n) is 4.04. The molecule has 100 valence electrons. The highest BCUT2D eigenvalue weighted by Crippen LogP contribution is 2.29. The number of aromatic nitrogens is 3. The third-order valence-corrected chi connectivity index (χ3v) is 3.59. The van der Waals surface area contributed by atoms with Crippen LogP contribution >= 0.6 is 27.5 Å². The summed E-state index contributed by atoms with van der Waals surface area (Å²) in [6, 6.07) is 4.94. The third kappa shape index (κ3) is 2.96. The summed E-state index contributed by atoms with van der Waals surface area (Å²) in [6.45, 7) is 1.76. The van der Waals surface area contributed by atoms with Crippen molar-refractivity contribution in [3.05, 3.63) is 40.3 Å². The lowest BCUT2D eigenvalue weighted by molar-refractivity contribution is -0.121. The number of amides is 1. The lowest BCUT2D eigenvalue weighted by Crippen LogP contribution is -2.33. The summed E-state index contributed by atoms with van der Waals surface area (Å²) in [5, 5.41) is 4.48. The molecule has 19 heavy (non-hydrogen) atoms. The number of hydrogen-bond acceptors (Lipinski definition) is 3. The van der Waals surface area contributed by atoms with Crippen molar-refractivity contribution >= 4 is 39.1 Å². The molecule has 1 amide bonds. The van der Waals surface area contributed by atoms with Crippen LogP contribution in [0.15, 0.2) is 35.3 Å². The van der Waals surface area contributed by atoms with Crippen molar-refractivity contribution in [2.75, 3.05) is 11.9 Å². The normalized spacial score (nSPS) is 12.2. The van der Waals surface area contributed by atoms with E-state index in [2.05, 4.69) is 26.0 Å². The minimum atomic E-state index is -0.438. The first kappa shape index (κ1) is 14.0. The number of likely N-dealkylation sites (N-methyl/N-ethyl adjacent to an activating group) is 1. The SMILES string of the molecule is C[C@H](C(=O)N(C)c1ccc(Br)cc1Cl)n1cncn1. The zero-order valence-electron chi connectivity index (χ0n) is 10.4. The van der Waals surface area contributed by atoms with E-state index in [9.17, 15) is 4.79 Å². The number of anilines is 1. The van der Waals surface area contributed by atoms with E-state index >= 15 is 0 Å². The van der Waals surface area contributed by atoms with E-state index in [0.29, 0.717) is 10.7 Å². The Kier molecular flexibility index (Phi) is 4.21. The predicted molar refractivity (Wildman–Crippen MR) is 77.3 cm³/mol. The molecule has 0 saturated carbocycles. The molecule has 0 unspecified atom stereocenters. The molecule has 0 radical (unpaired) electrons. The number of halogens is 2. The number of carbonyl (C=O) groups is 1. The Bertz CT molecular complexity index is 587. The van der Waals surface area contributed by atoms with Gasteiger partial charge in [0.05, 0.1) is 10.7 Å². The molecule has 0 N–H and O–H groups in total. The van der Waals surface area contributed by atoms with Crippen LogP contribution in [0.2, 0.25) is 5.02 Å². The van der Waals surface area contributed by atoms with Crippen LogP contribution in [0.3, 0.4) is 0 Å². The zero-order valence-corrected chi connectivity index (χ0v) is 12.8. The van der Waals surface area contributed by atoms with Crippen LogP contribution in [0.4, 0.5) is 5.69 Å². The minimum absolute atomic E-state index is 0.116. The molecule has 0 saturated heterocycles. The van der Waals surface area contributed by atoms with Gasteiger partial charge in [-0.15, -0.1) is 0 Å². The average Bonchev–Trinajstić information content (AvgIpc) is 2.90.